The Kier molecular flexibility index (Phi) is 4.24. The monoisotopic (exact) mass is 323 g/mol. The highest BCUT2D eigenvalue weighted by molar-refractivity contribution is 7.89. The maximum atomic E-state index is 13.6. The molecule has 1 aromatic rings. The molecular formula is C12H12F3NO4S. The molecule has 0 amide bonds. The molecule has 0 saturated carbocycles. The van der Waals surface area contributed by atoms with Crippen molar-refractivity contribution in [1.82, 2.24) is 4.31 Å². The van der Waals surface area contributed by atoms with E-state index in [0.717, 1.165) is 4.31 Å². The van der Waals surface area contributed by atoms with Crippen molar-refractivity contribution in [3.8, 4) is 0 Å². The van der Waals surface area contributed by atoms with Crippen molar-refractivity contribution in [3.05, 3.63) is 29.6 Å². The van der Waals surface area contributed by atoms with Gasteiger partial charge in [0.2, 0.25) is 10.0 Å². The number of hydrogen-bond acceptors (Lipinski definition) is 4. The Balaban J connectivity index is 2.32. The van der Waals surface area contributed by atoms with Gasteiger partial charge in [0.25, 0.3) is 0 Å². The van der Waals surface area contributed by atoms with E-state index in [-0.39, 0.29) is 19.5 Å². The molecule has 1 heterocycles. The summed E-state index contributed by atoms with van der Waals surface area (Å²) in [6, 6.07) is 1.20. The van der Waals surface area contributed by atoms with Gasteiger partial charge in [-0.1, -0.05) is 0 Å². The average molecular weight is 323 g/mol. The predicted octanol–water partition coefficient (Wildman–Crippen LogP) is 1.29. The van der Waals surface area contributed by atoms with Gasteiger partial charge in [-0.2, -0.15) is 4.31 Å². The van der Waals surface area contributed by atoms with Gasteiger partial charge >= 0.3 is 5.97 Å². The fraction of sp³-hybridized carbons (Fsp3) is 0.417. The second-order valence-corrected chi connectivity index (χ2v) is 6.45. The van der Waals surface area contributed by atoms with Crippen LogP contribution in [0.15, 0.2) is 17.0 Å². The zero-order valence-electron chi connectivity index (χ0n) is 11.0. The van der Waals surface area contributed by atoms with Gasteiger partial charge in [0.15, 0.2) is 17.5 Å². The van der Waals surface area contributed by atoms with Crippen LogP contribution in [0, 0.1) is 23.4 Å². The molecule has 1 fully saturated rings. The maximum Gasteiger partial charge on any atom is 0.310 e. The molecule has 1 unspecified atom stereocenters. The summed E-state index contributed by atoms with van der Waals surface area (Å²) in [5, 5.41) is 0. The highest BCUT2D eigenvalue weighted by Gasteiger charge is 2.38. The van der Waals surface area contributed by atoms with Crippen LogP contribution in [0.25, 0.3) is 0 Å². The van der Waals surface area contributed by atoms with E-state index in [1.807, 2.05) is 0 Å². The van der Waals surface area contributed by atoms with Crippen LogP contribution >= 0.6 is 0 Å². The largest absolute Gasteiger partial charge is 0.469 e. The number of carbonyl (C=O) groups is 1. The molecule has 0 aliphatic carbocycles. The summed E-state index contributed by atoms with van der Waals surface area (Å²) >= 11 is 0. The van der Waals surface area contributed by atoms with Gasteiger partial charge in [-0.15, -0.1) is 0 Å². The molecule has 1 aliphatic heterocycles. The van der Waals surface area contributed by atoms with Crippen molar-refractivity contribution < 1.29 is 31.1 Å². The third kappa shape index (κ3) is 2.75. The standard InChI is InChI=1S/C12H12F3NO4S/c1-20-12(17)7-4-5-16(6-7)21(18,19)9-3-2-8(13)10(14)11(9)15/h2-3,7H,4-6H2,1H3. The van der Waals surface area contributed by atoms with Crippen molar-refractivity contribution in [2.45, 2.75) is 11.3 Å². The minimum absolute atomic E-state index is 0.0272. The van der Waals surface area contributed by atoms with Crippen molar-refractivity contribution in [1.29, 1.82) is 0 Å². The van der Waals surface area contributed by atoms with E-state index in [2.05, 4.69) is 4.74 Å². The maximum absolute atomic E-state index is 13.6. The van der Waals surface area contributed by atoms with Gasteiger partial charge < -0.3 is 4.74 Å². The van der Waals surface area contributed by atoms with Gasteiger partial charge in [-0.3, -0.25) is 4.79 Å². The summed E-state index contributed by atoms with van der Waals surface area (Å²) in [4.78, 5) is 10.4. The molecule has 9 heteroatoms. The lowest BCUT2D eigenvalue weighted by atomic mass is 10.1. The van der Waals surface area contributed by atoms with Crippen LogP contribution in [0.3, 0.4) is 0 Å². The first kappa shape index (κ1) is 15.8. The number of nitrogens with zero attached hydrogens (tertiary/aromatic N) is 1. The van der Waals surface area contributed by atoms with E-state index in [1.54, 1.807) is 0 Å². The highest BCUT2D eigenvalue weighted by atomic mass is 32.2. The Labute approximate surface area is 119 Å². The Morgan fingerprint density at radius 3 is 2.57 bits per heavy atom. The van der Waals surface area contributed by atoms with E-state index >= 15 is 0 Å². The molecule has 0 spiro atoms. The number of esters is 1. The average Bonchev–Trinajstić information content (AvgIpc) is 2.94. The second kappa shape index (κ2) is 5.64. The number of benzene rings is 1. The van der Waals surface area contributed by atoms with Crippen molar-refractivity contribution in [2.24, 2.45) is 5.92 Å². The van der Waals surface area contributed by atoms with Gasteiger partial charge in [0, 0.05) is 13.1 Å². The molecule has 0 radical (unpaired) electrons. The molecule has 0 aromatic heterocycles. The van der Waals surface area contributed by atoms with Gasteiger partial charge in [-0.05, 0) is 18.6 Å². The Morgan fingerprint density at radius 1 is 1.29 bits per heavy atom. The minimum atomic E-state index is -4.34. The minimum Gasteiger partial charge on any atom is -0.469 e. The summed E-state index contributed by atoms with van der Waals surface area (Å²) < 4.78 is 69.4. The van der Waals surface area contributed by atoms with Crippen molar-refractivity contribution in [2.75, 3.05) is 20.2 Å². The molecule has 5 nitrogen and oxygen atoms in total. The quantitative estimate of drug-likeness (QED) is 0.621. The third-order valence-electron chi connectivity index (χ3n) is 3.30. The van der Waals surface area contributed by atoms with Gasteiger partial charge in [-0.25, -0.2) is 21.6 Å². The van der Waals surface area contributed by atoms with E-state index in [9.17, 15) is 26.4 Å². The second-order valence-electron chi connectivity index (χ2n) is 4.55. The summed E-state index contributed by atoms with van der Waals surface area (Å²) in [5.41, 5.74) is 0. The van der Waals surface area contributed by atoms with E-state index in [0.29, 0.717) is 12.1 Å². The van der Waals surface area contributed by atoms with Crippen LogP contribution in [0.1, 0.15) is 6.42 Å². The molecule has 1 aromatic carbocycles. The molecular weight excluding hydrogens is 311 g/mol. The van der Waals surface area contributed by atoms with E-state index in [4.69, 9.17) is 0 Å². The van der Waals surface area contributed by atoms with Crippen LogP contribution in [-0.4, -0.2) is 38.9 Å². The van der Waals surface area contributed by atoms with Crippen LogP contribution < -0.4 is 0 Å². The molecule has 2 rings (SSSR count). The molecule has 0 bridgehead atoms. The molecule has 1 saturated heterocycles. The molecule has 0 N–H and O–H groups in total. The smallest absolute Gasteiger partial charge is 0.310 e. The molecule has 1 atom stereocenters. The Bertz CT molecular complexity index is 677. The third-order valence-corrected chi connectivity index (χ3v) is 5.19. The van der Waals surface area contributed by atoms with Gasteiger partial charge in [0.1, 0.15) is 4.90 Å². The number of carbonyl (C=O) groups excluding carboxylic acids is 1. The van der Waals surface area contributed by atoms with E-state index in [1.165, 1.54) is 7.11 Å². The molecule has 1 aliphatic rings. The summed E-state index contributed by atoms with van der Waals surface area (Å²) in [5.74, 6) is -6.31. The normalized spacial score (nSPS) is 19.7. The molecule has 116 valence electrons. The van der Waals surface area contributed by atoms with Crippen LogP contribution in [0.2, 0.25) is 0 Å². The van der Waals surface area contributed by atoms with Crippen LogP contribution in [-0.2, 0) is 19.6 Å². The number of hydrogen-bond donors (Lipinski definition) is 0. The first-order valence-corrected chi connectivity index (χ1v) is 7.44. The fourth-order valence-corrected chi connectivity index (χ4v) is 3.71. The summed E-state index contributed by atoms with van der Waals surface area (Å²) in [6.45, 7) is -0.214. The number of halogens is 3. The molecule has 21 heavy (non-hydrogen) atoms. The zero-order chi connectivity index (χ0) is 15.8. The predicted molar refractivity (Wildman–Crippen MR) is 65.2 cm³/mol. The highest BCUT2D eigenvalue weighted by Crippen LogP contribution is 2.28. The summed E-state index contributed by atoms with van der Waals surface area (Å²) in [6.07, 6.45) is 0.219. The topological polar surface area (TPSA) is 63.7 Å². The van der Waals surface area contributed by atoms with Crippen LogP contribution in [0.5, 0.6) is 0 Å². The lowest BCUT2D eigenvalue weighted by Gasteiger charge is -2.16. The fourth-order valence-electron chi connectivity index (χ4n) is 2.15. The Hall–Kier alpha value is -1.61. The number of sulfonamides is 1. The SMILES string of the molecule is COC(=O)C1CCN(S(=O)(=O)c2ccc(F)c(F)c2F)C1. The van der Waals surface area contributed by atoms with Crippen molar-refractivity contribution >= 4 is 16.0 Å². The lowest BCUT2D eigenvalue weighted by Crippen LogP contribution is -2.31. The number of ether oxygens (including phenoxy) is 1. The Morgan fingerprint density at radius 2 is 1.95 bits per heavy atom. The lowest BCUT2D eigenvalue weighted by molar-refractivity contribution is -0.144. The van der Waals surface area contributed by atoms with Crippen molar-refractivity contribution in [3.63, 3.8) is 0 Å². The van der Waals surface area contributed by atoms with Crippen LogP contribution in [0.4, 0.5) is 13.2 Å². The first-order valence-electron chi connectivity index (χ1n) is 6.00. The van der Waals surface area contributed by atoms with Gasteiger partial charge in [0.05, 0.1) is 13.0 Å². The zero-order valence-corrected chi connectivity index (χ0v) is 11.8. The number of methoxy groups -OCH3 is 1. The summed E-state index contributed by atoms with van der Waals surface area (Å²) in [7, 11) is -3.16. The number of rotatable bonds is 3. The first-order chi connectivity index (χ1) is 9.78. The van der Waals surface area contributed by atoms with E-state index < -0.39 is 44.3 Å².